The summed E-state index contributed by atoms with van der Waals surface area (Å²) in [5.74, 6) is -0.341. The van der Waals surface area contributed by atoms with Gasteiger partial charge < -0.3 is 16.0 Å². The molecule has 1 atom stereocenters. The molecule has 2 heterocycles. The second-order valence-corrected chi connectivity index (χ2v) is 6.57. The van der Waals surface area contributed by atoms with E-state index in [0.29, 0.717) is 5.56 Å². The summed E-state index contributed by atoms with van der Waals surface area (Å²) < 4.78 is 0. The predicted octanol–water partition coefficient (Wildman–Crippen LogP) is 2.20. The van der Waals surface area contributed by atoms with Crippen molar-refractivity contribution in [3.63, 3.8) is 0 Å². The summed E-state index contributed by atoms with van der Waals surface area (Å²) in [5.41, 5.74) is 5.86. The lowest BCUT2D eigenvalue weighted by molar-refractivity contribution is 0.100. The molecule has 0 radical (unpaired) electrons. The fourth-order valence-corrected chi connectivity index (χ4v) is 3.55. The number of nitrogens with two attached hydrogens (primary N) is 1. The maximum Gasteiger partial charge on any atom is 0.249 e. The van der Waals surface area contributed by atoms with Crippen LogP contribution in [0.4, 0.5) is 0 Å². The fraction of sp³-hybridized carbons (Fsp3) is 0.667. The normalized spacial score (nSPS) is 20.1. The van der Waals surface area contributed by atoms with Crippen molar-refractivity contribution in [3.8, 4) is 0 Å². The van der Waals surface area contributed by atoms with Crippen molar-refractivity contribution in [2.45, 2.75) is 45.2 Å². The van der Waals surface area contributed by atoms with E-state index >= 15 is 0 Å². The third-order valence-electron chi connectivity index (χ3n) is 3.98. The van der Waals surface area contributed by atoms with Crippen molar-refractivity contribution in [2.24, 2.45) is 5.73 Å². The summed E-state index contributed by atoms with van der Waals surface area (Å²) in [5, 5.41) is 5.27. The van der Waals surface area contributed by atoms with Gasteiger partial charge in [0, 0.05) is 22.8 Å². The Morgan fingerprint density at radius 3 is 3.10 bits per heavy atom. The van der Waals surface area contributed by atoms with E-state index < -0.39 is 0 Å². The van der Waals surface area contributed by atoms with Gasteiger partial charge in [-0.15, -0.1) is 11.3 Å². The molecule has 1 amide bonds. The number of amides is 1. The third-order valence-corrected chi connectivity index (χ3v) is 4.91. The van der Waals surface area contributed by atoms with Gasteiger partial charge in [-0.1, -0.05) is 6.42 Å². The van der Waals surface area contributed by atoms with Gasteiger partial charge in [0.1, 0.15) is 0 Å². The van der Waals surface area contributed by atoms with Gasteiger partial charge >= 0.3 is 0 Å². The standard InChI is InChI=1S/C15H25N3OS/c1-12-5-2-3-7-18(12)8-4-6-17-10-14-9-13(11-20-14)15(16)19/h9,11-12,17H,2-8,10H2,1H3,(H2,16,19). The number of thiophene rings is 1. The molecule has 1 aliphatic heterocycles. The van der Waals surface area contributed by atoms with Crippen LogP contribution in [0.3, 0.4) is 0 Å². The number of hydrogen-bond donors (Lipinski definition) is 2. The minimum Gasteiger partial charge on any atom is -0.366 e. The maximum absolute atomic E-state index is 11.0. The van der Waals surface area contributed by atoms with Crippen LogP contribution in [0.2, 0.25) is 0 Å². The molecule has 0 spiro atoms. The van der Waals surface area contributed by atoms with Crippen LogP contribution in [0.5, 0.6) is 0 Å². The van der Waals surface area contributed by atoms with E-state index in [-0.39, 0.29) is 5.91 Å². The van der Waals surface area contributed by atoms with Gasteiger partial charge in [-0.2, -0.15) is 0 Å². The maximum atomic E-state index is 11.0. The number of nitrogens with one attached hydrogen (secondary N) is 1. The number of likely N-dealkylation sites (tertiary alicyclic amines) is 1. The summed E-state index contributed by atoms with van der Waals surface area (Å²) in [7, 11) is 0. The van der Waals surface area contributed by atoms with E-state index in [2.05, 4.69) is 17.1 Å². The lowest BCUT2D eigenvalue weighted by atomic mass is 10.0. The Bertz CT molecular complexity index is 433. The topological polar surface area (TPSA) is 58.4 Å². The van der Waals surface area contributed by atoms with Gasteiger partial charge in [0.25, 0.3) is 0 Å². The average molecular weight is 295 g/mol. The highest BCUT2D eigenvalue weighted by Gasteiger charge is 2.16. The highest BCUT2D eigenvalue weighted by Crippen LogP contribution is 2.16. The molecule has 5 heteroatoms. The van der Waals surface area contributed by atoms with Gasteiger partial charge in [-0.3, -0.25) is 4.79 Å². The first kappa shape index (κ1) is 15.5. The van der Waals surface area contributed by atoms with Crippen LogP contribution < -0.4 is 11.1 Å². The van der Waals surface area contributed by atoms with E-state index in [9.17, 15) is 4.79 Å². The number of carbonyl (C=O) groups excluding carboxylic acids is 1. The largest absolute Gasteiger partial charge is 0.366 e. The summed E-state index contributed by atoms with van der Waals surface area (Å²) in [4.78, 5) is 14.8. The van der Waals surface area contributed by atoms with Crippen molar-refractivity contribution in [3.05, 3.63) is 21.9 Å². The molecular weight excluding hydrogens is 270 g/mol. The minimum atomic E-state index is -0.341. The Labute approximate surface area is 125 Å². The summed E-state index contributed by atoms with van der Waals surface area (Å²) in [6.45, 7) is 6.63. The summed E-state index contributed by atoms with van der Waals surface area (Å²) in [6.07, 6.45) is 5.26. The second-order valence-electron chi connectivity index (χ2n) is 5.58. The van der Waals surface area contributed by atoms with Crippen LogP contribution in [0.25, 0.3) is 0 Å². The fourth-order valence-electron chi connectivity index (χ4n) is 2.71. The first-order chi connectivity index (χ1) is 9.66. The van der Waals surface area contributed by atoms with Crippen molar-refractivity contribution < 1.29 is 4.79 Å². The highest BCUT2D eigenvalue weighted by atomic mass is 32.1. The van der Waals surface area contributed by atoms with Gasteiger partial charge in [-0.05, 0) is 51.9 Å². The number of primary amides is 1. The van der Waals surface area contributed by atoms with Gasteiger partial charge in [0.05, 0.1) is 5.56 Å². The van der Waals surface area contributed by atoms with E-state index in [1.807, 2.05) is 11.4 Å². The Balaban J connectivity index is 1.60. The molecule has 112 valence electrons. The number of piperidine rings is 1. The molecule has 0 aliphatic carbocycles. The molecule has 1 aromatic rings. The van der Waals surface area contributed by atoms with Gasteiger partial charge in [0.15, 0.2) is 0 Å². The average Bonchev–Trinajstić information content (AvgIpc) is 2.89. The molecule has 3 N–H and O–H groups in total. The second kappa shape index (κ2) is 7.76. The van der Waals surface area contributed by atoms with E-state index in [1.54, 1.807) is 11.3 Å². The zero-order chi connectivity index (χ0) is 14.4. The van der Waals surface area contributed by atoms with Crippen LogP contribution in [0.1, 0.15) is 47.8 Å². The zero-order valence-corrected chi connectivity index (χ0v) is 13.0. The molecule has 1 fully saturated rings. The van der Waals surface area contributed by atoms with Crippen LogP contribution in [-0.4, -0.2) is 36.5 Å². The van der Waals surface area contributed by atoms with Crippen LogP contribution in [-0.2, 0) is 6.54 Å². The summed E-state index contributed by atoms with van der Waals surface area (Å²) in [6, 6.07) is 2.63. The molecule has 20 heavy (non-hydrogen) atoms. The smallest absolute Gasteiger partial charge is 0.249 e. The minimum absolute atomic E-state index is 0.341. The third kappa shape index (κ3) is 4.58. The zero-order valence-electron chi connectivity index (χ0n) is 12.2. The van der Waals surface area contributed by atoms with E-state index in [4.69, 9.17) is 5.73 Å². The molecule has 0 saturated carbocycles. The predicted molar refractivity (Wildman–Crippen MR) is 84.0 cm³/mol. The highest BCUT2D eigenvalue weighted by molar-refractivity contribution is 7.10. The molecule has 1 saturated heterocycles. The number of nitrogens with zero attached hydrogens (tertiary/aromatic N) is 1. The molecule has 2 rings (SSSR count). The van der Waals surface area contributed by atoms with Crippen LogP contribution >= 0.6 is 11.3 Å². The number of hydrogen-bond acceptors (Lipinski definition) is 4. The molecule has 1 aromatic heterocycles. The molecule has 0 bridgehead atoms. The van der Waals surface area contributed by atoms with E-state index in [1.165, 1.54) is 43.6 Å². The number of rotatable bonds is 7. The lowest BCUT2D eigenvalue weighted by Crippen LogP contribution is -2.38. The first-order valence-electron chi connectivity index (χ1n) is 7.49. The van der Waals surface area contributed by atoms with Crippen LogP contribution in [0.15, 0.2) is 11.4 Å². The molecule has 1 aliphatic rings. The van der Waals surface area contributed by atoms with Crippen molar-refractivity contribution in [1.29, 1.82) is 0 Å². The molecule has 4 nitrogen and oxygen atoms in total. The number of carbonyl (C=O) groups is 1. The SMILES string of the molecule is CC1CCCCN1CCCNCc1cc(C(N)=O)cs1. The van der Waals surface area contributed by atoms with E-state index in [0.717, 1.165) is 19.1 Å². The molecular formula is C15H25N3OS. The Hall–Kier alpha value is -0.910. The quantitative estimate of drug-likeness (QED) is 0.758. The van der Waals surface area contributed by atoms with Crippen molar-refractivity contribution in [1.82, 2.24) is 10.2 Å². The summed E-state index contributed by atoms with van der Waals surface area (Å²) >= 11 is 1.59. The van der Waals surface area contributed by atoms with Crippen molar-refractivity contribution in [2.75, 3.05) is 19.6 Å². The monoisotopic (exact) mass is 295 g/mol. The molecule has 0 aromatic carbocycles. The Kier molecular flexibility index (Phi) is 6.01. The van der Waals surface area contributed by atoms with Gasteiger partial charge in [0.2, 0.25) is 5.91 Å². The lowest BCUT2D eigenvalue weighted by Gasteiger charge is -2.33. The Morgan fingerprint density at radius 2 is 2.40 bits per heavy atom. The molecule has 1 unspecified atom stereocenters. The Morgan fingerprint density at radius 1 is 1.55 bits per heavy atom. The van der Waals surface area contributed by atoms with Gasteiger partial charge in [-0.25, -0.2) is 0 Å². The van der Waals surface area contributed by atoms with Crippen molar-refractivity contribution >= 4 is 17.2 Å². The first-order valence-corrected chi connectivity index (χ1v) is 8.37. The van der Waals surface area contributed by atoms with Crippen LogP contribution in [0, 0.1) is 0 Å².